The fraction of sp³-hybridized carbons (Fsp3) is 0.400. The van der Waals surface area contributed by atoms with E-state index in [9.17, 15) is 8.42 Å². The Hall–Kier alpha value is -2.64. The van der Waals surface area contributed by atoms with Crippen LogP contribution in [0.15, 0.2) is 59.0 Å². The average Bonchev–Trinajstić information content (AvgIpc) is 3.16. The zero-order valence-electron chi connectivity index (χ0n) is 18.9. The van der Waals surface area contributed by atoms with E-state index in [0.717, 1.165) is 28.3 Å². The summed E-state index contributed by atoms with van der Waals surface area (Å²) in [5, 5.41) is 0. The van der Waals surface area contributed by atoms with Gasteiger partial charge in [-0.25, -0.2) is 13.4 Å². The van der Waals surface area contributed by atoms with Crippen LogP contribution in [0.3, 0.4) is 0 Å². The van der Waals surface area contributed by atoms with Crippen LogP contribution in [0.2, 0.25) is 0 Å². The van der Waals surface area contributed by atoms with E-state index in [4.69, 9.17) is 13.9 Å². The van der Waals surface area contributed by atoms with Crippen molar-refractivity contribution in [1.29, 1.82) is 0 Å². The van der Waals surface area contributed by atoms with E-state index in [1.54, 1.807) is 6.92 Å². The summed E-state index contributed by atoms with van der Waals surface area (Å²) in [6.45, 7) is 6.42. The molecule has 32 heavy (non-hydrogen) atoms. The van der Waals surface area contributed by atoms with Gasteiger partial charge in [-0.15, -0.1) is 0 Å². The molecule has 7 heteroatoms. The van der Waals surface area contributed by atoms with Gasteiger partial charge in [-0.1, -0.05) is 37.3 Å². The molecule has 0 saturated heterocycles. The molecule has 1 atom stereocenters. The monoisotopic (exact) mass is 457 g/mol. The number of benzene rings is 2. The Morgan fingerprint density at radius 3 is 2.41 bits per heavy atom. The third-order valence-corrected chi connectivity index (χ3v) is 6.95. The van der Waals surface area contributed by atoms with Crippen molar-refractivity contribution in [3.8, 4) is 17.2 Å². The van der Waals surface area contributed by atoms with Gasteiger partial charge in [0.25, 0.3) is 0 Å². The van der Waals surface area contributed by atoms with Gasteiger partial charge in [0.1, 0.15) is 11.5 Å². The molecule has 0 amide bonds. The number of aromatic nitrogens is 1. The minimum Gasteiger partial charge on any atom is -0.493 e. The quantitative estimate of drug-likeness (QED) is 0.394. The number of aryl methyl sites for hydroxylation is 1. The van der Waals surface area contributed by atoms with Crippen molar-refractivity contribution in [2.24, 2.45) is 0 Å². The van der Waals surface area contributed by atoms with E-state index in [2.05, 4.69) is 4.98 Å². The summed E-state index contributed by atoms with van der Waals surface area (Å²) in [4.78, 5) is 4.60. The van der Waals surface area contributed by atoms with Crippen LogP contribution in [0, 0.1) is 6.92 Å². The lowest BCUT2D eigenvalue weighted by Gasteiger charge is -2.17. The first kappa shape index (κ1) is 24.0. The maximum absolute atomic E-state index is 12.0. The predicted molar refractivity (Wildman–Crippen MR) is 126 cm³/mol. The van der Waals surface area contributed by atoms with Gasteiger partial charge in [0.15, 0.2) is 9.84 Å². The van der Waals surface area contributed by atoms with Gasteiger partial charge in [-0.2, -0.15) is 0 Å². The lowest BCUT2D eigenvalue weighted by Crippen LogP contribution is -2.27. The molecular weight excluding hydrogens is 426 g/mol. The Morgan fingerprint density at radius 1 is 1.03 bits per heavy atom. The van der Waals surface area contributed by atoms with Crippen LogP contribution in [0.1, 0.15) is 30.9 Å². The Morgan fingerprint density at radius 2 is 1.75 bits per heavy atom. The number of nitrogens with zero attached hydrogens (tertiary/aromatic N) is 1. The second-order valence-electron chi connectivity index (χ2n) is 7.61. The number of ether oxygens (including phenoxy) is 2. The van der Waals surface area contributed by atoms with E-state index in [1.165, 1.54) is 0 Å². The standard InChI is InChI=1S/C25H31NO5S/c1-4-29-23(18-32(27,28)5-2)17-20-11-13-22(14-12-20)30-16-15-24-19(3)31-25(26-24)21-9-7-6-8-10-21/h6-14,23H,4-5,15-18H2,1-3H3/t23-/m0/s1. The van der Waals surface area contributed by atoms with Gasteiger partial charge in [-0.3, -0.25) is 0 Å². The maximum atomic E-state index is 12.0. The molecular formula is C25H31NO5S. The summed E-state index contributed by atoms with van der Waals surface area (Å²) in [7, 11) is -3.09. The van der Waals surface area contributed by atoms with Gasteiger partial charge < -0.3 is 13.9 Å². The SMILES string of the molecule is CCO[C@@H](Cc1ccc(OCCc2nc(-c3ccccc3)oc2C)cc1)CS(=O)(=O)CC. The second kappa shape index (κ2) is 11.3. The molecule has 0 unspecified atom stereocenters. The van der Waals surface area contributed by atoms with Crippen molar-refractivity contribution in [2.75, 3.05) is 24.7 Å². The van der Waals surface area contributed by atoms with Crippen molar-refractivity contribution < 1.29 is 22.3 Å². The molecule has 0 fully saturated rings. The smallest absolute Gasteiger partial charge is 0.226 e. The maximum Gasteiger partial charge on any atom is 0.226 e. The fourth-order valence-corrected chi connectivity index (χ4v) is 4.43. The number of oxazole rings is 1. The van der Waals surface area contributed by atoms with E-state index < -0.39 is 9.84 Å². The minimum atomic E-state index is -3.09. The van der Waals surface area contributed by atoms with Gasteiger partial charge in [0, 0.05) is 24.3 Å². The zero-order chi connectivity index (χ0) is 23.0. The highest BCUT2D eigenvalue weighted by Crippen LogP contribution is 2.22. The minimum absolute atomic E-state index is 0.0393. The Balaban J connectivity index is 1.53. The van der Waals surface area contributed by atoms with E-state index in [0.29, 0.717) is 31.9 Å². The predicted octanol–water partition coefficient (Wildman–Crippen LogP) is 4.65. The molecule has 2 aromatic carbocycles. The third-order valence-electron chi connectivity index (χ3n) is 5.19. The molecule has 0 aliphatic rings. The molecule has 3 rings (SSSR count). The summed E-state index contributed by atoms with van der Waals surface area (Å²) in [5.41, 5.74) is 2.86. The topological polar surface area (TPSA) is 78.6 Å². The highest BCUT2D eigenvalue weighted by atomic mass is 32.2. The van der Waals surface area contributed by atoms with Crippen LogP contribution in [-0.2, 0) is 27.4 Å². The van der Waals surface area contributed by atoms with Crippen molar-refractivity contribution in [3.63, 3.8) is 0 Å². The highest BCUT2D eigenvalue weighted by molar-refractivity contribution is 7.91. The molecule has 3 aromatic rings. The molecule has 0 saturated carbocycles. The van der Waals surface area contributed by atoms with Gasteiger partial charge in [0.2, 0.25) is 5.89 Å². The molecule has 0 aliphatic heterocycles. The molecule has 6 nitrogen and oxygen atoms in total. The normalized spacial score (nSPS) is 12.6. The Bertz CT molecular complexity index is 1080. The van der Waals surface area contributed by atoms with Crippen molar-refractivity contribution >= 4 is 9.84 Å². The third kappa shape index (κ3) is 6.93. The Kier molecular flexibility index (Phi) is 8.47. The van der Waals surface area contributed by atoms with Crippen molar-refractivity contribution in [1.82, 2.24) is 4.98 Å². The first-order valence-corrected chi connectivity index (χ1v) is 12.8. The van der Waals surface area contributed by atoms with Gasteiger partial charge in [0.05, 0.1) is 24.2 Å². The van der Waals surface area contributed by atoms with Crippen LogP contribution in [0.5, 0.6) is 5.75 Å². The van der Waals surface area contributed by atoms with Gasteiger partial charge in [-0.05, 0) is 50.1 Å². The molecule has 0 bridgehead atoms. The van der Waals surface area contributed by atoms with E-state index >= 15 is 0 Å². The van der Waals surface area contributed by atoms with Crippen LogP contribution in [0.4, 0.5) is 0 Å². The first-order chi connectivity index (χ1) is 15.4. The summed E-state index contributed by atoms with van der Waals surface area (Å²) in [6.07, 6.45) is 0.851. The van der Waals surface area contributed by atoms with Gasteiger partial charge >= 0.3 is 0 Å². The largest absolute Gasteiger partial charge is 0.493 e. The number of sulfone groups is 1. The molecule has 0 aliphatic carbocycles. The molecule has 172 valence electrons. The summed E-state index contributed by atoms with van der Waals surface area (Å²) < 4.78 is 41.2. The molecule has 1 heterocycles. The van der Waals surface area contributed by atoms with Crippen LogP contribution in [0.25, 0.3) is 11.5 Å². The number of rotatable bonds is 12. The number of hydrogen-bond donors (Lipinski definition) is 0. The summed E-state index contributed by atoms with van der Waals surface area (Å²) in [6, 6.07) is 17.5. The van der Waals surface area contributed by atoms with Crippen molar-refractivity contribution in [2.45, 2.75) is 39.7 Å². The zero-order valence-corrected chi connectivity index (χ0v) is 19.7. The summed E-state index contributed by atoms with van der Waals surface area (Å²) in [5.74, 6) is 2.34. The highest BCUT2D eigenvalue weighted by Gasteiger charge is 2.18. The molecule has 0 radical (unpaired) electrons. The van der Waals surface area contributed by atoms with Crippen LogP contribution >= 0.6 is 0 Å². The average molecular weight is 458 g/mol. The van der Waals surface area contributed by atoms with Crippen molar-refractivity contribution in [3.05, 3.63) is 71.6 Å². The summed E-state index contributed by atoms with van der Waals surface area (Å²) >= 11 is 0. The lowest BCUT2D eigenvalue weighted by atomic mass is 10.1. The number of hydrogen-bond acceptors (Lipinski definition) is 6. The Labute approximate surface area is 190 Å². The second-order valence-corrected chi connectivity index (χ2v) is 10.0. The molecule has 0 spiro atoms. The van der Waals surface area contributed by atoms with Crippen LogP contribution in [-0.4, -0.2) is 44.2 Å². The fourth-order valence-electron chi connectivity index (χ4n) is 3.42. The molecule has 1 aromatic heterocycles. The molecule has 0 N–H and O–H groups in total. The van der Waals surface area contributed by atoms with E-state index in [-0.39, 0.29) is 17.6 Å². The lowest BCUT2D eigenvalue weighted by molar-refractivity contribution is 0.0789. The van der Waals surface area contributed by atoms with E-state index in [1.807, 2.05) is 68.4 Å². The van der Waals surface area contributed by atoms with Crippen LogP contribution < -0.4 is 4.74 Å². The first-order valence-electron chi connectivity index (χ1n) is 11.0.